The van der Waals surface area contributed by atoms with Gasteiger partial charge >= 0.3 is 5.97 Å². The molecule has 112 valence electrons. The number of H-pyrrole nitrogens is 1. The zero-order valence-electron chi connectivity index (χ0n) is 11.7. The normalized spacial score (nSPS) is 12.4. The van der Waals surface area contributed by atoms with Gasteiger partial charge in [-0.05, 0) is 31.3 Å². The Morgan fingerprint density at radius 1 is 1.52 bits per heavy atom. The van der Waals surface area contributed by atoms with E-state index >= 15 is 0 Å². The van der Waals surface area contributed by atoms with Crippen LogP contribution in [-0.2, 0) is 11.3 Å². The Kier molecular flexibility index (Phi) is 4.54. The van der Waals surface area contributed by atoms with Gasteiger partial charge in [0, 0.05) is 24.0 Å². The molecule has 1 atom stereocenters. The van der Waals surface area contributed by atoms with E-state index in [9.17, 15) is 14.3 Å². The molecule has 0 bridgehead atoms. The fraction of sp³-hybridized carbons (Fsp3) is 0.286. The second kappa shape index (κ2) is 6.36. The Balaban J connectivity index is 2.34. The molecule has 0 saturated carbocycles. The lowest BCUT2D eigenvalue weighted by molar-refractivity contribution is -0.143. The van der Waals surface area contributed by atoms with Crippen LogP contribution in [0, 0.1) is 5.82 Å². The lowest BCUT2D eigenvalue weighted by Crippen LogP contribution is -2.31. The van der Waals surface area contributed by atoms with Gasteiger partial charge in [-0.2, -0.15) is 5.10 Å². The summed E-state index contributed by atoms with van der Waals surface area (Å²) < 4.78 is 18.6. The molecule has 1 aromatic carbocycles. The summed E-state index contributed by atoms with van der Waals surface area (Å²) in [6, 6.07) is 4.55. The summed E-state index contributed by atoms with van der Waals surface area (Å²) in [7, 11) is 3.06. The minimum atomic E-state index is -1.08. The number of nitrogens with one attached hydrogen (secondary N) is 1. The molecular weight excluding hydrogens is 277 g/mol. The summed E-state index contributed by atoms with van der Waals surface area (Å²) in [5.41, 5.74) is 1.03. The van der Waals surface area contributed by atoms with Crippen LogP contribution in [0.4, 0.5) is 4.39 Å². The minimum absolute atomic E-state index is 0.270. The van der Waals surface area contributed by atoms with Crippen molar-refractivity contribution in [1.29, 1.82) is 0 Å². The fourth-order valence-corrected chi connectivity index (χ4v) is 2.21. The van der Waals surface area contributed by atoms with E-state index in [1.807, 2.05) is 0 Å². The zero-order valence-corrected chi connectivity index (χ0v) is 11.7. The molecule has 0 saturated heterocycles. The number of aromatic nitrogens is 2. The summed E-state index contributed by atoms with van der Waals surface area (Å²) in [6.07, 6.45) is 1.59. The number of aliphatic carboxylic acids is 1. The largest absolute Gasteiger partial charge is 0.496 e. The van der Waals surface area contributed by atoms with Crippen LogP contribution in [0.2, 0.25) is 0 Å². The number of hydrogen-bond donors (Lipinski definition) is 2. The summed E-state index contributed by atoms with van der Waals surface area (Å²) in [5.74, 6) is -1.26. The van der Waals surface area contributed by atoms with Gasteiger partial charge in [0.25, 0.3) is 0 Å². The third-order valence-corrected chi connectivity index (χ3v) is 3.14. The van der Waals surface area contributed by atoms with Crippen LogP contribution in [0.1, 0.15) is 17.3 Å². The number of aromatic amines is 1. The second-order valence-corrected chi connectivity index (χ2v) is 4.62. The molecule has 0 unspecified atom stereocenters. The number of carbonyl (C=O) groups is 1. The third-order valence-electron chi connectivity index (χ3n) is 3.14. The molecule has 0 aliphatic heterocycles. The Morgan fingerprint density at radius 2 is 2.29 bits per heavy atom. The van der Waals surface area contributed by atoms with Crippen molar-refractivity contribution in [2.24, 2.45) is 0 Å². The molecule has 6 nitrogen and oxygen atoms in total. The van der Waals surface area contributed by atoms with Gasteiger partial charge in [-0.1, -0.05) is 0 Å². The van der Waals surface area contributed by atoms with Crippen molar-refractivity contribution in [1.82, 2.24) is 15.1 Å². The summed E-state index contributed by atoms with van der Waals surface area (Å²) in [6.45, 7) is 0.330. The van der Waals surface area contributed by atoms with E-state index in [2.05, 4.69) is 10.2 Å². The Labute approximate surface area is 121 Å². The number of benzene rings is 1. The number of carboxylic acids is 1. The van der Waals surface area contributed by atoms with Crippen LogP contribution in [0.25, 0.3) is 0 Å². The minimum Gasteiger partial charge on any atom is -0.496 e. The van der Waals surface area contributed by atoms with Gasteiger partial charge in [-0.15, -0.1) is 0 Å². The van der Waals surface area contributed by atoms with Crippen LogP contribution in [0.3, 0.4) is 0 Å². The molecule has 0 aliphatic carbocycles. The van der Waals surface area contributed by atoms with Gasteiger partial charge in [-0.3, -0.25) is 14.8 Å². The van der Waals surface area contributed by atoms with Crippen molar-refractivity contribution in [2.75, 3.05) is 14.2 Å². The summed E-state index contributed by atoms with van der Waals surface area (Å²) in [4.78, 5) is 13.2. The number of rotatable bonds is 6. The number of halogens is 1. The highest BCUT2D eigenvalue weighted by Gasteiger charge is 2.28. The third kappa shape index (κ3) is 3.38. The molecule has 2 rings (SSSR count). The predicted octanol–water partition coefficient (Wildman–Crippen LogP) is 1.82. The number of nitrogens with zero attached hydrogens (tertiary/aromatic N) is 2. The molecule has 2 N–H and O–H groups in total. The SMILES string of the molecule is COc1ccc(F)cc1[C@H](C(=O)O)N(C)Cc1ccn[nH]1. The fourth-order valence-electron chi connectivity index (χ4n) is 2.21. The number of ether oxygens (including phenoxy) is 1. The lowest BCUT2D eigenvalue weighted by Gasteiger charge is -2.25. The predicted molar refractivity (Wildman–Crippen MR) is 73.4 cm³/mol. The van der Waals surface area contributed by atoms with E-state index in [1.54, 1.807) is 24.2 Å². The Morgan fingerprint density at radius 3 is 2.86 bits per heavy atom. The number of methoxy groups -OCH3 is 1. The average Bonchev–Trinajstić information content (AvgIpc) is 2.91. The van der Waals surface area contributed by atoms with Gasteiger partial charge in [0.05, 0.1) is 7.11 Å². The van der Waals surface area contributed by atoms with E-state index in [1.165, 1.54) is 25.3 Å². The van der Waals surface area contributed by atoms with E-state index in [4.69, 9.17) is 4.74 Å². The molecule has 0 amide bonds. The zero-order chi connectivity index (χ0) is 15.4. The van der Waals surface area contributed by atoms with E-state index in [-0.39, 0.29) is 5.56 Å². The number of hydrogen-bond acceptors (Lipinski definition) is 4. The average molecular weight is 293 g/mol. The van der Waals surface area contributed by atoms with Crippen LogP contribution in [-0.4, -0.2) is 40.3 Å². The molecule has 21 heavy (non-hydrogen) atoms. The maximum atomic E-state index is 13.5. The number of likely N-dealkylation sites (N-methyl/N-ethyl adjacent to an activating group) is 1. The molecule has 1 heterocycles. The van der Waals surface area contributed by atoms with Gasteiger partial charge in [0.2, 0.25) is 0 Å². The smallest absolute Gasteiger partial charge is 0.325 e. The first kappa shape index (κ1) is 15.0. The standard InChI is InChI=1S/C14H16FN3O3/c1-18(8-10-5-6-16-17-10)13(14(19)20)11-7-9(15)3-4-12(11)21-2/h3-7,13H,8H2,1-2H3,(H,16,17)(H,19,20)/t13-/m1/s1. The van der Waals surface area contributed by atoms with Crippen LogP contribution < -0.4 is 4.74 Å². The van der Waals surface area contributed by atoms with Crippen LogP contribution >= 0.6 is 0 Å². The highest BCUT2D eigenvalue weighted by molar-refractivity contribution is 5.76. The van der Waals surface area contributed by atoms with Gasteiger partial charge in [-0.25, -0.2) is 4.39 Å². The monoisotopic (exact) mass is 293 g/mol. The molecule has 1 aromatic heterocycles. The highest BCUT2D eigenvalue weighted by atomic mass is 19.1. The molecule has 0 spiro atoms. The van der Waals surface area contributed by atoms with Gasteiger partial charge in [0.1, 0.15) is 17.6 Å². The van der Waals surface area contributed by atoms with E-state index in [0.29, 0.717) is 12.3 Å². The molecule has 0 radical (unpaired) electrons. The quantitative estimate of drug-likeness (QED) is 0.849. The first-order valence-electron chi connectivity index (χ1n) is 6.27. The summed E-state index contributed by atoms with van der Waals surface area (Å²) >= 11 is 0. The maximum absolute atomic E-state index is 13.5. The van der Waals surface area contributed by atoms with Crippen molar-refractivity contribution in [3.63, 3.8) is 0 Å². The molecule has 0 fully saturated rings. The van der Waals surface area contributed by atoms with Gasteiger partial charge in [0.15, 0.2) is 0 Å². The molecule has 0 aliphatic rings. The van der Waals surface area contributed by atoms with Crippen molar-refractivity contribution >= 4 is 5.97 Å². The van der Waals surface area contributed by atoms with Crippen molar-refractivity contribution < 1.29 is 19.0 Å². The van der Waals surface area contributed by atoms with E-state index in [0.717, 1.165) is 5.69 Å². The van der Waals surface area contributed by atoms with Crippen molar-refractivity contribution in [3.8, 4) is 5.75 Å². The highest BCUT2D eigenvalue weighted by Crippen LogP contribution is 2.30. The van der Waals surface area contributed by atoms with Crippen LogP contribution in [0.15, 0.2) is 30.5 Å². The van der Waals surface area contributed by atoms with Crippen molar-refractivity contribution in [3.05, 3.63) is 47.5 Å². The maximum Gasteiger partial charge on any atom is 0.325 e. The number of carboxylic acid groups (broad SMARTS) is 1. The molecule has 2 aromatic rings. The lowest BCUT2D eigenvalue weighted by atomic mass is 10.0. The molecule has 7 heteroatoms. The second-order valence-electron chi connectivity index (χ2n) is 4.62. The Bertz CT molecular complexity index is 616. The van der Waals surface area contributed by atoms with Crippen LogP contribution in [0.5, 0.6) is 5.75 Å². The van der Waals surface area contributed by atoms with Gasteiger partial charge < -0.3 is 9.84 Å². The molecular formula is C14H16FN3O3. The van der Waals surface area contributed by atoms with E-state index < -0.39 is 17.8 Å². The first-order chi connectivity index (χ1) is 10.0. The van der Waals surface area contributed by atoms with Crippen molar-refractivity contribution in [2.45, 2.75) is 12.6 Å². The summed E-state index contributed by atoms with van der Waals surface area (Å²) in [5, 5.41) is 16.1. The Hall–Kier alpha value is -2.41. The topological polar surface area (TPSA) is 78.5 Å². The first-order valence-corrected chi connectivity index (χ1v) is 6.27.